The first-order valence-electron chi connectivity index (χ1n) is 7.27. The summed E-state index contributed by atoms with van der Waals surface area (Å²) < 4.78 is 0. The second-order valence-corrected chi connectivity index (χ2v) is 7.12. The summed E-state index contributed by atoms with van der Waals surface area (Å²) in [5.41, 5.74) is 2.12. The molecule has 6 heteroatoms. The van der Waals surface area contributed by atoms with E-state index in [2.05, 4.69) is 5.32 Å². The number of rotatable bonds is 1. The lowest BCUT2D eigenvalue weighted by atomic mass is 10.0. The Morgan fingerprint density at radius 1 is 1.09 bits per heavy atom. The number of carbonyl (C=O) groups is 2. The number of anilines is 2. The quantitative estimate of drug-likeness (QED) is 0.859. The molecule has 4 rings (SSSR count). The zero-order valence-electron chi connectivity index (χ0n) is 12.1. The topological polar surface area (TPSA) is 49.4 Å². The van der Waals surface area contributed by atoms with Crippen LogP contribution in [0.5, 0.6) is 0 Å². The number of benzene rings is 2. The van der Waals surface area contributed by atoms with Crippen molar-refractivity contribution in [3.05, 3.63) is 59.1 Å². The molecule has 1 fully saturated rings. The van der Waals surface area contributed by atoms with Crippen LogP contribution in [0.4, 0.5) is 11.4 Å². The Morgan fingerprint density at radius 3 is 2.65 bits per heavy atom. The molecular weight excluding hydrogens is 332 g/mol. The molecule has 0 saturated carbocycles. The van der Waals surface area contributed by atoms with Crippen LogP contribution < -0.4 is 10.2 Å². The van der Waals surface area contributed by atoms with Crippen LogP contribution in [0.1, 0.15) is 12.0 Å². The summed E-state index contributed by atoms with van der Waals surface area (Å²) in [6.07, 6.45) is 0.382. The molecule has 0 aromatic heterocycles. The number of halogens is 1. The van der Waals surface area contributed by atoms with Gasteiger partial charge in [-0.1, -0.05) is 41.9 Å². The van der Waals surface area contributed by atoms with Crippen LogP contribution in [0.3, 0.4) is 0 Å². The minimum absolute atomic E-state index is 0.0938. The van der Waals surface area contributed by atoms with E-state index in [1.165, 1.54) is 11.8 Å². The minimum Gasteiger partial charge on any atom is -0.323 e. The van der Waals surface area contributed by atoms with E-state index in [1.54, 1.807) is 17.0 Å². The van der Waals surface area contributed by atoms with Crippen molar-refractivity contribution < 1.29 is 9.59 Å². The molecule has 2 amide bonds. The van der Waals surface area contributed by atoms with Crippen LogP contribution in [0.2, 0.25) is 5.02 Å². The van der Waals surface area contributed by atoms with Gasteiger partial charge in [-0.15, -0.1) is 11.8 Å². The average Bonchev–Trinajstić information content (AvgIpc) is 2.82. The highest BCUT2D eigenvalue weighted by Crippen LogP contribution is 2.53. The van der Waals surface area contributed by atoms with Crippen molar-refractivity contribution in [1.29, 1.82) is 0 Å². The van der Waals surface area contributed by atoms with Crippen molar-refractivity contribution in [3.8, 4) is 0 Å². The Morgan fingerprint density at radius 2 is 1.83 bits per heavy atom. The van der Waals surface area contributed by atoms with Gasteiger partial charge in [0.1, 0.15) is 0 Å². The zero-order valence-corrected chi connectivity index (χ0v) is 13.7. The zero-order chi connectivity index (χ0) is 16.0. The Labute approximate surface area is 142 Å². The van der Waals surface area contributed by atoms with E-state index >= 15 is 0 Å². The summed E-state index contributed by atoms with van der Waals surface area (Å²) in [6, 6.07) is 14.6. The van der Waals surface area contributed by atoms with E-state index in [1.807, 2.05) is 36.4 Å². The molecule has 0 bridgehead atoms. The van der Waals surface area contributed by atoms with Crippen molar-refractivity contribution in [1.82, 2.24) is 0 Å². The summed E-state index contributed by atoms with van der Waals surface area (Å²) >= 11 is 7.80. The summed E-state index contributed by atoms with van der Waals surface area (Å²) in [7, 11) is 0. The number of nitrogens with zero attached hydrogens (tertiary/aromatic N) is 1. The predicted molar refractivity (Wildman–Crippen MR) is 92.8 cm³/mol. The Bertz CT molecular complexity index is 826. The van der Waals surface area contributed by atoms with Gasteiger partial charge in [0, 0.05) is 23.4 Å². The van der Waals surface area contributed by atoms with Gasteiger partial charge in [0.05, 0.1) is 10.7 Å². The van der Waals surface area contributed by atoms with E-state index < -0.39 is 4.87 Å². The highest BCUT2D eigenvalue weighted by Gasteiger charge is 2.56. The largest absolute Gasteiger partial charge is 0.323 e. The molecule has 0 radical (unpaired) electrons. The smallest absolute Gasteiger partial charge is 0.266 e. The van der Waals surface area contributed by atoms with Crippen molar-refractivity contribution >= 4 is 46.6 Å². The van der Waals surface area contributed by atoms with Crippen molar-refractivity contribution in [2.75, 3.05) is 16.0 Å². The molecular formula is C17H13ClN2O2S. The van der Waals surface area contributed by atoms with Gasteiger partial charge in [0.15, 0.2) is 0 Å². The van der Waals surface area contributed by atoms with Gasteiger partial charge in [0.2, 0.25) is 10.8 Å². The lowest BCUT2D eigenvalue weighted by Crippen LogP contribution is -2.55. The Hall–Kier alpha value is -1.98. The normalized spacial score (nSPS) is 23.1. The molecule has 0 aliphatic carbocycles. The average molecular weight is 345 g/mol. The predicted octanol–water partition coefficient (Wildman–Crippen LogP) is 3.62. The molecule has 1 spiro atoms. The summed E-state index contributed by atoms with van der Waals surface area (Å²) in [5.74, 6) is 0.307. The Balaban J connectivity index is 1.97. The number of hydrogen-bond acceptors (Lipinski definition) is 3. The standard InChI is InChI=1S/C17H13ClN2O2S/c18-12-6-2-4-8-14(12)20-15(21)9-10-23-17(20)11-5-1-3-7-13(11)19-16(17)22/h1-8H,9-10H2,(H,19,22). The van der Waals surface area contributed by atoms with Gasteiger partial charge in [-0.2, -0.15) is 0 Å². The number of para-hydroxylation sites is 2. The van der Waals surface area contributed by atoms with Gasteiger partial charge in [-0.25, -0.2) is 0 Å². The van der Waals surface area contributed by atoms with Crippen molar-refractivity contribution in [2.45, 2.75) is 11.3 Å². The molecule has 1 N–H and O–H groups in total. The van der Waals surface area contributed by atoms with Crippen LogP contribution in [0.15, 0.2) is 48.5 Å². The molecule has 23 heavy (non-hydrogen) atoms. The number of hydrogen-bond donors (Lipinski definition) is 1. The third kappa shape index (κ3) is 2.00. The third-order valence-corrected chi connectivity index (χ3v) is 5.87. The van der Waals surface area contributed by atoms with E-state index in [9.17, 15) is 9.59 Å². The number of carbonyl (C=O) groups excluding carboxylic acids is 2. The van der Waals surface area contributed by atoms with E-state index in [0.717, 1.165) is 11.3 Å². The molecule has 2 aromatic carbocycles. The van der Waals surface area contributed by atoms with Crippen LogP contribution >= 0.6 is 23.4 Å². The maximum absolute atomic E-state index is 12.9. The molecule has 2 aromatic rings. The van der Waals surface area contributed by atoms with Crippen molar-refractivity contribution in [2.24, 2.45) is 0 Å². The van der Waals surface area contributed by atoms with Gasteiger partial charge in [-0.05, 0) is 18.2 Å². The van der Waals surface area contributed by atoms with Crippen LogP contribution in [0.25, 0.3) is 0 Å². The maximum Gasteiger partial charge on any atom is 0.266 e. The third-order valence-electron chi connectivity index (χ3n) is 4.13. The molecule has 2 aliphatic heterocycles. The number of thioether (sulfide) groups is 1. The molecule has 116 valence electrons. The van der Waals surface area contributed by atoms with Gasteiger partial charge in [-0.3, -0.25) is 14.5 Å². The summed E-state index contributed by atoms with van der Waals surface area (Å²) in [4.78, 5) is 26.1. The van der Waals surface area contributed by atoms with E-state index in [0.29, 0.717) is 22.9 Å². The number of amides is 2. The van der Waals surface area contributed by atoms with Crippen molar-refractivity contribution in [3.63, 3.8) is 0 Å². The fourth-order valence-corrected chi connectivity index (χ4v) is 4.79. The lowest BCUT2D eigenvalue weighted by molar-refractivity contribution is -0.124. The lowest BCUT2D eigenvalue weighted by Gasteiger charge is -2.42. The Kier molecular flexibility index (Phi) is 3.36. The SMILES string of the molecule is O=C1CCSC2(C(=O)Nc3ccccc32)N1c1ccccc1Cl. The van der Waals surface area contributed by atoms with Crippen LogP contribution in [-0.2, 0) is 14.5 Å². The molecule has 1 saturated heterocycles. The highest BCUT2D eigenvalue weighted by atomic mass is 35.5. The fraction of sp³-hybridized carbons (Fsp3) is 0.176. The van der Waals surface area contributed by atoms with Gasteiger partial charge < -0.3 is 5.32 Å². The number of fused-ring (bicyclic) bond motifs is 2. The number of nitrogens with one attached hydrogen (secondary N) is 1. The van der Waals surface area contributed by atoms with Gasteiger partial charge in [0.25, 0.3) is 5.91 Å². The molecule has 4 nitrogen and oxygen atoms in total. The van der Waals surface area contributed by atoms with Crippen LogP contribution in [-0.4, -0.2) is 17.6 Å². The van der Waals surface area contributed by atoms with Gasteiger partial charge >= 0.3 is 0 Å². The highest BCUT2D eigenvalue weighted by molar-refractivity contribution is 8.01. The fourth-order valence-electron chi connectivity index (χ4n) is 3.16. The van der Waals surface area contributed by atoms with E-state index in [-0.39, 0.29) is 11.8 Å². The summed E-state index contributed by atoms with van der Waals surface area (Å²) in [6.45, 7) is 0. The molecule has 2 aliphatic rings. The monoisotopic (exact) mass is 344 g/mol. The van der Waals surface area contributed by atoms with E-state index in [4.69, 9.17) is 11.6 Å². The maximum atomic E-state index is 12.9. The minimum atomic E-state index is -1.09. The summed E-state index contributed by atoms with van der Waals surface area (Å²) in [5, 5.41) is 3.36. The first-order valence-corrected chi connectivity index (χ1v) is 8.63. The molecule has 1 unspecified atom stereocenters. The molecule has 1 atom stereocenters. The first-order chi connectivity index (χ1) is 11.1. The van der Waals surface area contributed by atoms with Crippen LogP contribution in [0, 0.1) is 0 Å². The second-order valence-electron chi connectivity index (χ2n) is 5.42. The first kappa shape index (κ1) is 14.6. The second kappa shape index (κ2) is 5.28. The molecule has 2 heterocycles.